The zero-order valence-corrected chi connectivity index (χ0v) is 13.3. The normalized spacial score (nSPS) is 19.4. The number of ether oxygens (including phenoxy) is 1. The van der Waals surface area contributed by atoms with Gasteiger partial charge in [-0.25, -0.2) is 0 Å². The Morgan fingerprint density at radius 2 is 2.19 bits per heavy atom. The summed E-state index contributed by atoms with van der Waals surface area (Å²) in [6, 6.07) is 5.72. The number of benzene rings is 1. The SMILES string of the molecule is CCC(=O)NC1CCOc2ccc(C(O)C(C)(C)C)cc21. The molecule has 1 aliphatic rings. The molecular weight excluding hydrogens is 266 g/mol. The molecule has 2 N–H and O–H groups in total. The fourth-order valence-electron chi connectivity index (χ4n) is 2.53. The van der Waals surface area contributed by atoms with Crippen LogP contribution >= 0.6 is 0 Å². The number of fused-ring (bicyclic) bond motifs is 1. The van der Waals surface area contributed by atoms with Gasteiger partial charge in [0.25, 0.3) is 0 Å². The van der Waals surface area contributed by atoms with Crippen LogP contribution in [-0.2, 0) is 4.79 Å². The summed E-state index contributed by atoms with van der Waals surface area (Å²) in [6.45, 7) is 8.45. The van der Waals surface area contributed by atoms with E-state index in [9.17, 15) is 9.90 Å². The smallest absolute Gasteiger partial charge is 0.220 e. The first-order valence-corrected chi connectivity index (χ1v) is 7.57. The van der Waals surface area contributed by atoms with Crippen LogP contribution in [0.1, 0.15) is 63.8 Å². The van der Waals surface area contributed by atoms with Gasteiger partial charge >= 0.3 is 0 Å². The third-order valence-corrected chi connectivity index (χ3v) is 3.87. The number of rotatable bonds is 3. The Labute approximate surface area is 126 Å². The highest BCUT2D eigenvalue weighted by molar-refractivity contribution is 5.76. The summed E-state index contributed by atoms with van der Waals surface area (Å²) in [5.74, 6) is 0.835. The molecule has 0 bridgehead atoms. The monoisotopic (exact) mass is 291 g/mol. The summed E-state index contributed by atoms with van der Waals surface area (Å²) in [5, 5.41) is 13.5. The first-order chi connectivity index (χ1) is 9.82. The van der Waals surface area contributed by atoms with E-state index in [2.05, 4.69) is 5.32 Å². The fraction of sp³-hybridized carbons (Fsp3) is 0.588. The molecule has 0 fully saturated rings. The summed E-state index contributed by atoms with van der Waals surface area (Å²) in [6.07, 6.45) is 0.678. The number of carbonyl (C=O) groups is 1. The van der Waals surface area contributed by atoms with E-state index >= 15 is 0 Å². The molecule has 21 heavy (non-hydrogen) atoms. The third kappa shape index (κ3) is 3.56. The molecule has 1 heterocycles. The molecule has 116 valence electrons. The molecule has 2 atom stereocenters. The minimum atomic E-state index is -0.549. The zero-order chi connectivity index (χ0) is 15.6. The molecule has 0 radical (unpaired) electrons. The molecule has 1 aliphatic heterocycles. The lowest BCUT2D eigenvalue weighted by atomic mass is 9.83. The number of hydrogen-bond acceptors (Lipinski definition) is 3. The van der Waals surface area contributed by atoms with E-state index in [0.29, 0.717) is 13.0 Å². The number of amides is 1. The number of carbonyl (C=O) groups excluding carboxylic acids is 1. The van der Waals surface area contributed by atoms with Gasteiger partial charge in [0.15, 0.2) is 0 Å². The molecule has 2 unspecified atom stereocenters. The van der Waals surface area contributed by atoms with Crippen molar-refractivity contribution in [2.75, 3.05) is 6.61 Å². The minimum absolute atomic E-state index is 0.0340. The Kier molecular flexibility index (Phi) is 4.57. The molecule has 4 nitrogen and oxygen atoms in total. The molecule has 1 aromatic rings. The molecule has 0 saturated heterocycles. The van der Waals surface area contributed by atoms with E-state index in [1.165, 1.54) is 0 Å². The predicted octanol–water partition coefficient (Wildman–Crippen LogP) is 3.12. The molecule has 1 amide bonds. The highest BCUT2D eigenvalue weighted by Crippen LogP contribution is 2.38. The maximum absolute atomic E-state index is 11.7. The first kappa shape index (κ1) is 15.8. The lowest BCUT2D eigenvalue weighted by Crippen LogP contribution is -2.32. The number of hydrogen-bond donors (Lipinski definition) is 2. The van der Waals surface area contributed by atoms with Crippen molar-refractivity contribution in [3.8, 4) is 5.75 Å². The molecule has 2 rings (SSSR count). The van der Waals surface area contributed by atoms with Crippen LogP contribution in [0.3, 0.4) is 0 Å². The Morgan fingerprint density at radius 1 is 1.48 bits per heavy atom. The van der Waals surface area contributed by atoms with Crippen molar-refractivity contribution < 1.29 is 14.6 Å². The van der Waals surface area contributed by atoms with Gasteiger partial charge in [0.05, 0.1) is 18.8 Å². The molecule has 4 heteroatoms. The van der Waals surface area contributed by atoms with E-state index in [1.807, 2.05) is 45.9 Å². The highest BCUT2D eigenvalue weighted by Gasteiger charge is 2.28. The Morgan fingerprint density at radius 3 is 2.81 bits per heavy atom. The van der Waals surface area contributed by atoms with Gasteiger partial charge in [-0.3, -0.25) is 4.79 Å². The summed E-state index contributed by atoms with van der Waals surface area (Å²) in [7, 11) is 0. The van der Waals surface area contributed by atoms with Crippen LogP contribution in [0.4, 0.5) is 0 Å². The van der Waals surface area contributed by atoms with Gasteiger partial charge in [0.1, 0.15) is 5.75 Å². The summed E-state index contributed by atoms with van der Waals surface area (Å²) < 4.78 is 5.66. The molecular formula is C17H25NO3. The van der Waals surface area contributed by atoms with E-state index in [4.69, 9.17) is 4.74 Å². The van der Waals surface area contributed by atoms with Crippen molar-refractivity contribution in [3.63, 3.8) is 0 Å². The average Bonchev–Trinajstić information content (AvgIpc) is 2.45. The van der Waals surface area contributed by atoms with Gasteiger partial charge in [-0.05, 0) is 23.1 Å². The van der Waals surface area contributed by atoms with Crippen LogP contribution in [0, 0.1) is 5.41 Å². The molecule has 0 saturated carbocycles. The lowest BCUT2D eigenvalue weighted by Gasteiger charge is -2.30. The molecule has 0 spiro atoms. The number of aliphatic hydroxyl groups excluding tert-OH is 1. The zero-order valence-electron chi connectivity index (χ0n) is 13.3. The van der Waals surface area contributed by atoms with E-state index in [1.54, 1.807) is 0 Å². The summed E-state index contributed by atoms with van der Waals surface area (Å²) in [4.78, 5) is 11.7. The Hall–Kier alpha value is -1.55. The maximum atomic E-state index is 11.7. The van der Waals surface area contributed by atoms with Crippen molar-refractivity contribution in [2.45, 2.75) is 52.7 Å². The van der Waals surface area contributed by atoms with Crippen LogP contribution in [0.5, 0.6) is 5.75 Å². The Balaban J connectivity index is 2.31. The number of nitrogens with one attached hydrogen (secondary N) is 1. The van der Waals surface area contributed by atoms with Crippen molar-refractivity contribution in [1.29, 1.82) is 0 Å². The van der Waals surface area contributed by atoms with Crippen LogP contribution < -0.4 is 10.1 Å². The van der Waals surface area contributed by atoms with Crippen LogP contribution in [-0.4, -0.2) is 17.6 Å². The van der Waals surface area contributed by atoms with Crippen molar-refractivity contribution in [1.82, 2.24) is 5.32 Å². The third-order valence-electron chi connectivity index (χ3n) is 3.87. The van der Waals surface area contributed by atoms with Crippen LogP contribution in [0.15, 0.2) is 18.2 Å². The minimum Gasteiger partial charge on any atom is -0.493 e. The second kappa shape index (κ2) is 6.06. The standard InChI is InChI=1S/C17H25NO3/c1-5-15(19)18-13-8-9-21-14-7-6-11(10-12(13)14)16(20)17(2,3)4/h6-7,10,13,16,20H,5,8-9H2,1-4H3,(H,18,19). The molecule has 1 aromatic carbocycles. The second-order valence-electron chi connectivity index (χ2n) is 6.68. The van der Waals surface area contributed by atoms with E-state index in [0.717, 1.165) is 23.3 Å². The molecule has 0 aliphatic carbocycles. The summed E-state index contributed by atoms with van der Waals surface area (Å²) >= 11 is 0. The van der Waals surface area contributed by atoms with Gasteiger partial charge in [-0.2, -0.15) is 0 Å². The van der Waals surface area contributed by atoms with E-state index < -0.39 is 6.10 Å². The van der Waals surface area contributed by atoms with Crippen molar-refractivity contribution in [2.24, 2.45) is 5.41 Å². The second-order valence-corrected chi connectivity index (χ2v) is 6.68. The maximum Gasteiger partial charge on any atom is 0.220 e. The molecule has 0 aromatic heterocycles. The van der Waals surface area contributed by atoms with Gasteiger partial charge in [-0.15, -0.1) is 0 Å². The van der Waals surface area contributed by atoms with Crippen LogP contribution in [0.25, 0.3) is 0 Å². The lowest BCUT2D eigenvalue weighted by molar-refractivity contribution is -0.121. The van der Waals surface area contributed by atoms with Crippen molar-refractivity contribution in [3.05, 3.63) is 29.3 Å². The first-order valence-electron chi connectivity index (χ1n) is 7.57. The van der Waals surface area contributed by atoms with E-state index in [-0.39, 0.29) is 17.4 Å². The highest BCUT2D eigenvalue weighted by atomic mass is 16.5. The summed E-state index contributed by atoms with van der Waals surface area (Å²) in [5.41, 5.74) is 1.60. The van der Waals surface area contributed by atoms with Crippen molar-refractivity contribution >= 4 is 5.91 Å². The van der Waals surface area contributed by atoms with Gasteiger partial charge in [0, 0.05) is 18.4 Å². The van der Waals surface area contributed by atoms with Crippen LogP contribution in [0.2, 0.25) is 0 Å². The Bertz CT molecular complexity index is 519. The fourth-order valence-corrected chi connectivity index (χ4v) is 2.53. The predicted molar refractivity (Wildman–Crippen MR) is 82.1 cm³/mol. The van der Waals surface area contributed by atoms with Gasteiger partial charge in [0.2, 0.25) is 5.91 Å². The quantitative estimate of drug-likeness (QED) is 0.899. The average molecular weight is 291 g/mol. The van der Waals surface area contributed by atoms with Gasteiger partial charge in [-0.1, -0.05) is 33.8 Å². The topological polar surface area (TPSA) is 58.6 Å². The largest absolute Gasteiger partial charge is 0.493 e. The van der Waals surface area contributed by atoms with Gasteiger partial charge < -0.3 is 15.2 Å². The number of aliphatic hydroxyl groups is 1.